The first kappa shape index (κ1) is 23.0. The van der Waals surface area contributed by atoms with Gasteiger partial charge >= 0.3 is 15.5 Å². The number of alkyl halides is 3. The first-order valence-electron chi connectivity index (χ1n) is 9.79. The Hall–Kier alpha value is -3.18. The normalized spacial score (nSPS) is 18.3. The van der Waals surface area contributed by atoms with E-state index in [9.17, 15) is 31.1 Å². The number of anilines is 1. The van der Waals surface area contributed by atoms with E-state index >= 15 is 0 Å². The Morgan fingerprint density at radius 2 is 1.88 bits per heavy atom. The molecule has 2 atom stereocenters. The second-order valence-electron chi connectivity index (χ2n) is 7.54. The molecule has 0 aliphatic carbocycles. The van der Waals surface area contributed by atoms with Crippen molar-refractivity contribution in [2.24, 2.45) is 5.92 Å². The Morgan fingerprint density at radius 1 is 1.12 bits per heavy atom. The van der Waals surface area contributed by atoms with Crippen molar-refractivity contribution in [1.82, 2.24) is 4.98 Å². The third kappa shape index (κ3) is 4.79. The zero-order chi connectivity index (χ0) is 23.8. The van der Waals surface area contributed by atoms with Crippen molar-refractivity contribution in [2.75, 3.05) is 11.3 Å². The number of pyridine rings is 1. The lowest BCUT2D eigenvalue weighted by atomic mass is 9.88. The van der Waals surface area contributed by atoms with E-state index in [1.165, 1.54) is 36.4 Å². The van der Waals surface area contributed by atoms with Crippen LogP contribution in [-0.4, -0.2) is 30.6 Å². The summed E-state index contributed by atoms with van der Waals surface area (Å²) in [4.78, 5) is 3.99. The van der Waals surface area contributed by atoms with Crippen molar-refractivity contribution in [1.29, 1.82) is 0 Å². The molecule has 0 radical (unpaired) electrons. The van der Waals surface area contributed by atoms with E-state index in [2.05, 4.69) is 4.98 Å². The molecular weight excluding hydrogens is 464 g/mol. The number of hydrogen-bond acceptors (Lipinski definition) is 5. The summed E-state index contributed by atoms with van der Waals surface area (Å²) in [5, 5.41) is 10.8. The molecule has 2 N–H and O–H groups in total. The fourth-order valence-corrected chi connectivity index (χ4v) is 4.19. The molecule has 4 rings (SSSR count). The summed E-state index contributed by atoms with van der Waals surface area (Å²) in [5.74, 6) is -0.473. The molecule has 0 unspecified atom stereocenters. The Bertz CT molecular complexity index is 1260. The van der Waals surface area contributed by atoms with E-state index in [1.54, 1.807) is 22.9 Å². The van der Waals surface area contributed by atoms with E-state index in [4.69, 9.17) is 4.74 Å². The Labute approximate surface area is 186 Å². The molecule has 0 fully saturated rings. The maximum Gasteiger partial charge on any atom is 0.516 e. The highest BCUT2D eigenvalue weighted by Gasteiger charge is 2.46. The smallest absolute Gasteiger partial charge is 0.493 e. The average Bonchev–Trinajstić information content (AvgIpc) is 2.76. The summed E-state index contributed by atoms with van der Waals surface area (Å²) in [6, 6.07) is 13.1. The number of para-hydroxylation sites is 1. The van der Waals surface area contributed by atoms with Crippen molar-refractivity contribution >= 4 is 15.7 Å². The molecule has 0 saturated heterocycles. The van der Waals surface area contributed by atoms with Crippen LogP contribution in [0.5, 0.6) is 5.75 Å². The summed E-state index contributed by atoms with van der Waals surface area (Å²) in [6.45, 7) is 0.138. The van der Waals surface area contributed by atoms with Gasteiger partial charge in [0, 0.05) is 22.7 Å². The number of hydrogen-bond donors (Lipinski definition) is 2. The van der Waals surface area contributed by atoms with Gasteiger partial charge in [0.1, 0.15) is 11.6 Å². The SMILES string of the molecule is O=S(=O)(Nc1ccccc1-c1ccc2c(c1)OC[C@@H](Cc1ccc(F)cn1)[C@@H]2O)C(F)(F)F. The van der Waals surface area contributed by atoms with E-state index in [0.717, 1.165) is 6.20 Å². The van der Waals surface area contributed by atoms with Gasteiger partial charge in [-0.15, -0.1) is 0 Å². The third-order valence-corrected chi connectivity index (χ3v) is 6.38. The number of fused-ring (bicyclic) bond motifs is 1. The summed E-state index contributed by atoms with van der Waals surface area (Å²) in [5.41, 5.74) is -4.02. The summed E-state index contributed by atoms with van der Waals surface area (Å²) in [6.07, 6.45) is 0.537. The van der Waals surface area contributed by atoms with Crippen molar-refractivity contribution in [2.45, 2.75) is 18.0 Å². The second-order valence-corrected chi connectivity index (χ2v) is 9.21. The quantitative estimate of drug-likeness (QED) is 0.526. The predicted molar refractivity (Wildman–Crippen MR) is 112 cm³/mol. The summed E-state index contributed by atoms with van der Waals surface area (Å²) >= 11 is 0. The molecule has 174 valence electrons. The molecule has 0 amide bonds. The zero-order valence-electron chi connectivity index (χ0n) is 16.9. The summed E-state index contributed by atoms with van der Waals surface area (Å²) < 4.78 is 82.0. The number of sulfonamides is 1. The van der Waals surface area contributed by atoms with Gasteiger partial charge in [0.2, 0.25) is 0 Å². The van der Waals surface area contributed by atoms with Crippen LogP contribution in [-0.2, 0) is 16.4 Å². The number of rotatable bonds is 5. The first-order valence-corrected chi connectivity index (χ1v) is 11.3. The topological polar surface area (TPSA) is 88.5 Å². The maximum absolute atomic E-state index is 13.1. The fourth-order valence-electron chi connectivity index (χ4n) is 3.61. The van der Waals surface area contributed by atoms with Gasteiger partial charge in [0.25, 0.3) is 0 Å². The van der Waals surface area contributed by atoms with Crippen molar-refractivity contribution in [3.05, 3.63) is 77.9 Å². The molecule has 2 aromatic carbocycles. The van der Waals surface area contributed by atoms with Crippen molar-refractivity contribution in [3.8, 4) is 16.9 Å². The van der Waals surface area contributed by atoms with E-state index in [0.29, 0.717) is 29.0 Å². The van der Waals surface area contributed by atoms with Gasteiger partial charge in [0.05, 0.1) is 24.6 Å². The van der Waals surface area contributed by atoms with E-state index in [-0.39, 0.29) is 23.8 Å². The lowest BCUT2D eigenvalue weighted by molar-refractivity contribution is -0.0429. The van der Waals surface area contributed by atoms with Crippen LogP contribution in [0.15, 0.2) is 60.8 Å². The molecule has 1 aromatic heterocycles. The van der Waals surface area contributed by atoms with Crippen molar-refractivity contribution < 1.29 is 35.8 Å². The Morgan fingerprint density at radius 3 is 2.58 bits per heavy atom. The molecule has 6 nitrogen and oxygen atoms in total. The monoisotopic (exact) mass is 482 g/mol. The van der Waals surface area contributed by atoms with Gasteiger partial charge in [-0.25, -0.2) is 4.39 Å². The maximum atomic E-state index is 13.1. The molecule has 0 bridgehead atoms. The van der Waals surface area contributed by atoms with Crippen LogP contribution in [0.1, 0.15) is 17.4 Å². The number of halogens is 4. The Kier molecular flexibility index (Phi) is 6.02. The van der Waals surface area contributed by atoms with Gasteiger partial charge in [-0.3, -0.25) is 9.71 Å². The van der Waals surface area contributed by atoms with Gasteiger partial charge < -0.3 is 9.84 Å². The number of aromatic nitrogens is 1. The minimum atomic E-state index is -5.60. The molecule has 11 heteroatoms. The molecular formula is C22H18F4N2O4S. The van der Waals surface area contributed by atoms with Crippen LogP contribution < -0.4 is 9.46 Å². The molecule has 0 spiro atoms. The lowest BCUT2D eigenvalue weighted by Crippen LogP contribution is -2.30. The van der Waals surface area contributed by atoms with Crippen LogP contribution in [0.2, 0.25) is 0 Å². The number of benzene rings is 2. The van der Waals surface area contributed by atoms with Gasteiger partial charge in [-0.2, -0.15) is 21.6 Å². The lowest BCUT2D eigenvalue weighted by Gasteiger charge is -2.30. The number of ether oxygens (including phenoxy) is 1. The van der Waals surface area contributed by atoms with Crippen LogP contribution in [0.3, 0.4) is 0 Å². The number of nitrogens with zero attached hydrogens (tertiary/aromatic N) is 1. The van der Waals surface area contributed by atoms with E-state index < -0.39 is 27.5 Å². The number of nitrogens with one attached hydrogen (secondary N) is 1. The highest BCUT2D eigenvalue weighted by Crippen LogP contribution is 2.40. The minimum absolute atomic E-state index is 0.138. The van der Waals surface area contributed by atoms with Gasteiger partial charge in [-0.1, -0.05) is 30.3 Å². The molecule has 1 aliphatic heterocycles. The van der Waals surface area contributed by atoms with Crippen LogP contribution >= 0.6 is 0 Å². The predicted octanol–water partition coefficient (Wildman–Crippen LogP) is 4.43. The molecule has 2 heterocycles. The van der Waals surface area contributed by atoms with Crippen LogP contribution in [0, 0.1) is 11.7 Å². The highest BCUT2D eigenvalue weighted by atomic mass is 32.2. The van der Waals surface area contributed by atoms with E-state index in [1.807, 2.05) is 0 Å². The highest BCUT2D eigenvalue weighted by molar-refractivity contribution is 7.93. The summed E-state index contributed by atoms with van der Waals surface area (Å²) in [7, 11) is -5.60. The minimum Gasteiger partial charge on any atom is -0.493 e. The van der Waals surface area contributed by atoms with Crippen LogP contribution in [0.25, 0.3) is 11.1 Å². The number of aliphatic hydroxyl groups is 1. The molecule has 3 aromatic rings. The zero-order valence-corrected chi connectivity index (χ0v) is 17.7. The average molecular weight is 482 g/mol. The van der Waals surface area contributed by atoms with Gasteiger partial charge in [-0.05, 0) is 36.2 Å². The number of aliphatic hydroxyl groups excluding tert-OH is 1. The fraction of sp³-hybridized carbons (Fsp3) is 0.227. The first-order chi connectivity index (χ1) is 15.5. The van der Waals surface area contributed by atoms with Gasteiger partial charge in [0.15, 0.2) is 0 Å². The Balaban J connectivity index is 1.60. The third-order valence-electron chi connectivity index (χ3n) is 5.28. The molecule has 33 heavy (non-hydrogen) atoms. The second kappa shape index (κ2) is 8.64. The standard InChI is InChI=1S/C22H18F4N2O4S/c23-15-6-7-16(27-11-15)9-14-12-32-20-10-13(5-8-18(20)21(14)29)17-3-1-2-4-19(17)28-33(30,31)22(24,25)26/h1-8,10-11,14,21,28-29H,9,12H2/t14-,21+/m1/s1. The van der Waals surface area contributed by atoms with Crippen molar-refractivity contribution in [3.63, 3.8) is 0 Å². The van der Waals surface area contributed by atoms with Crippen LogP contribution in [0.4, 0.5) is 23.2 Å². The largest absolute Gasteiger partial charge is 0.516 e. The molecule has 0 saturated carbocycles. The molecule has 1 aliphatic rings.